The van der Waals surface area contributed by atoms with Gasteiger partial charge >= 0.3 is 0 Å². The topological polar surface area (TPSA) is 47.1 Å². The maximum absolute atomic E-state index is 5.96. The summed E-state index contributed by atoms with van der Waals surface area (Å²) in [6.07, 6.45) is 3.18. The molecule has 0 aromatic carbocycles. The number of nitrogens with zero attached hydrogens (tertiary/aromatic N) is 3. The third kappa shape index (κ3) is 2.87. The maximum Gasteiger partial charge on any atom is 0.0641 e. The Morgan fingerprint density at radius 1 is 1.53 bits per heavy atom. The van der Waals surface area contributed by atoms with E-state index in [-0.39, 0.29) is 11.6 Å². The molecular formula is C13H26N4. The van der Waals surface area contributed by atoms with Crippen molar-refractivity contribution in [2.24, 2.45) is 12.8 Å². The van der Waals surface area contributed by atoms with Crippen molar-refractivity contribution >= 4 is 0 Å². The molecule has 1 atom stereocenters. The van der Waals surface area contributed by atoms with E-state index in [2.05, 4.69) is 44.0 Å². The first-order valence-electron chi connectivity index (χ1n) is 6.26. The zero-order valence-electron chi connectivity index (χ0n) is 12.0. The van der Waals surface area contributed by atoms with Crippen molar-refractivity contribution in [1.29, 1.82) is 0 Å². The molecule has 1 heterocycles. The third-order valence-electron chi connectivity index (χ3n) is 3.92. The summed E-state index contributed by atoms with van der Waals surface area (Å²) < 4.78 is 1.86. The summed E-state index contributed by atoms with van der Waals surface area (Å²) in [5.74, 6) is 0. The molecule has 2 N–H and O–H groups in total. The molecule has 0 aliphatic heterocycles. The van der Waals surface area contributed by atoms with Crippen molar-refractivity contribution in [3.05, 3.63) is 17.5 Å². The lowest BCUT2D eigenvalue weighted by molar-refractivity contribution is 0.100. The molecule has 4 nitrogen and oxygen atoms in total. The van der Waals surface area contributed by atoms with Crippen LogP contribution in [-0.4, -0.2) is 33.8 Å². The first-order chi connectivity index (χ1) is 7.83. The van der Waals surface area contributed by atoms with E-state index in [0.29, 0.717) is 6.54 Å². The minimum Gasteiger partial charge on any atom is -0.329 e. The van der Waals surface area contributed by atoms with Gasteiger partial charge in [0, 0.05) is 30.9 Å². The quantitative estimate of drug-likeness (QED) is 0.851. The van der Waals surface area contributed by atoms with Crippen LogP contribution in [0.15, 0.2) is 6.20 Å². The lowest BCUT2D eigenvalue weighted by atomic mass is 9.95. The second-order valence-corrected chi connectivity index (χ2v) is 5.37. The smallest absolute Gasteiger partial charge is 0.0641 e. The van der Waals surface area contributed by atoms with E-state index >= 15 is 0 Å². The van der Waals surface area contributed by atoms with Crippen LogP contribution in [0, 0.1) is 6.92 Å². The first-order valence-corrected chi connectivity index (χ1v) is 6.26. The van der Waals surface area contributed by atoms with Gasteiger partial charge in [0.15, 0.2) is 0 Å². The molecule has 0 spiro atoms. The summed E-state index contributed by atoms with van der Waals surface area (Å²) >= 11 is 0. The number of hydrogen-bond acceptors (Lipinski definition) is 3. The fourth-order valence-electron chi connectivity index (χ4n) is 2.11. The summed E-state index contributed by atoms with van der Waals surface area (Å²) in [6, 6.07) is 0.235. The predicted molar refractivity (Wildman–Crippen MR) is 71.9 cm³/mol. The Morgan fingerprint density at radius 3 is 2.47 bits per heavy atom. The molecule has 0 saturated heterocycles. The van der Waals surface area contributed by atoms with Gasteiger partial charge in [-0.05, 0) is 34.2 Å². The Kier molecular flexibility index (Phi) is 4.33. The summed E-state index contributed by atoms with van der Waals surface area (Å²) in [7, 11) is 4.10. The number of aryl methyl sites for hydroxylation is 2. The lowest BCUT2D eigenvalue weighted by Crippen LogP contribution is -2.45. The van der Waals surface area contributed by atoms with Gasteiger partial charge in [0.05, 0.1) is 11.7 Å². The highest BCUT2D eigenvalue weighted by molar-refractivity contribution is 5.21. The zero-order chi connectivity index (χ0) is 13.2. The Morgan fingerprint density at radius 2 is 2.12 bits per heavy atom. The molecule has 0 fully saturated rings. The van der Waals surface area contributed by atoms with Crippen LogP contribution in [0.3, 0.4) is 0 Å². The van der Waals surface area contributed by atoms with Crippen molar-refractivity contribution in [2.45, 2.75) is 45.7 Å². The SMILES string of the molecule is CCC(C)(C)N(C)C(CN)c1cn(C)nc1C. The largest absolute Gasteiger partial charge is 0.329 e. The highest BCUT2D eigenvalue weighted by atomic mass is 15.3. The molecular weight excluding hydrogens is 212 g/mol. The molecule has 0 bridgehead atoms. The monoisotopic (exact) mass is 238 g/mol. The van der Waals surface area contributed by atoms with E-state index in [1.165, 1.54) is 5.56 Å². The average molecular weight is 238 g/mol. The van der Waals surface area contributed by atoms with Crippen molar-refractivity contribution in [2.75, 3.05) is 13.6 Å². The first kappa shape index (κ1) is 14.2. The van der Waals surface area contributed by atoms with Gasteiger partial charge in [0.1, 0.15) is 0 Å². The highest BCUT2D eigenvalue weighted by Gasteiger charge is 2.29. The Labute approximate surface area is 105 Å². The van der Waals surface area contributed by atoms with Crippen molar-refractivity contribution in [3.8, 4) is 0 Å². The molecule has 98 valence electrons. The molecule has 0 aliphatic carbocycles. The lowest BCUT2D eigenvalue weighted by Gasteiger charge is -2.40. The van der Waals surface area contributed by atoms with Crippen LogP contribution in [-0.2, 0) is 7.05 Å². The second-order valence-electron chi connectivity index (χ2n) is 5.37. The molecule has 0 amide bonds. The fourth-order valence-corrected chi connectivity index (χ4v) is 2.11. The Bertz CT molecular complexity index is 367. The molecule has 1 rings (SSSR count). The molecule has 1 aromatic heterocycles. The minimum absolute atomic E-state index is 0.145. The Balaban J connectivity index is 3.04. The standard InChI is InChI=1S/C13H26N4/c1-7-13(3,4)17(6)12(8-14)11-9-16(5)15-10(11)2/h9,12H,7-8,14H2,1-6H3. The van der Waals surface area contributed by atoms with Crippen LogP contribution >= 0.6 is 0 Å². The van der Waals surface area contributed by atoms with Crippen LogP contribution < -0.4 is 5.73 Å². The zero-order valence-corrected chi connectivity index (χ0v) is 12.0. The van der Waals surface area contributed by atoms with Crippen LogP contribution in [0.5, 0.6) is 0 Å². The molecule has 0 radical (unpaired) electrons. The Hall–Kier alpha value is -0.870. The van der Waals surface area contributed by atoms with Crippen molar-refractivity contribution in [3.63, 3.8) is 0 Å². The van der Waals surface area contributed by atoms with Gasteiger partial charge < -0.3 is 5.73 Å². The number of hydrogen-bond donors (Lipinski definition) is 1. The normalized spacial score (nSPS) is 14.4. The van der Waals surface area contributed by atoms with Crippen LogP contribution in [0.25, 0.3) is 0 Å². The van der Waals surface area contributed by atoms with Gasteiger partial charge in [-0.1, -0.05) is 6.92 Å². The van der Waals surface area contributed by atoms with E-state index < -0.39 is 0 Å². The van der Waals surface area contributed by atoms with Crippen LogP contribution in [0.2, 0.25) is 0 Å². The van der Waals surface area contributed by atoms with Crippen molar-refractivity contribution in [1.82, 2.24) is 14.7 Å². The maximum atomic E-state index is 5.96. The number of aromatic nitrogens is 2. The van der Waals surface area contributed by atoms with E-state index in [0.717, 1.165) is 12.1 Å². The van der Waals surface area contributed by atoms with Gasteiger partial charge in [-0.15, -0.1) is 0 Å². The average Bonchev–Trinajstić information content (AvgIpc) is 2.59. The number of nitrogens with two attached hydrogens (primary N) is 1. The molecule has 1 unspecified atom stereocenters. The second kappa shape index (κ2) is 5.19. The number of rotatable bonds is 5. The van der Waals surface area contributed by atoms with E-state index in [9.17, 15) is 0 Å². The summed E-state index contributed by atoms with van der Waals surface area (Å²) in [4.78, 5) is 2.36. The van der Waals surface area contributed by atoms with E-state index in [4.69, 9.17) is 5.73 Å². The molecule has 0 saturated carbocycles. The van der Waals surface area contributed by atoms with Gasteiger partial charge in [-0.3, -0.25) is 9.58 Å². The van der Waals surface area contributed by atoms with Gasteiger partial charge in [-0.2, -0.15) is 5.10 Å². The summed E-state index contributed by atoms with van der Waals surface area (Å²) in [5.41, 5.74) is 8.41. The van der Waals surface area contributed by atoms with Crippen LogP contribution in [0.1, 0.15) is 44.5 Å². The van der Waals surface area contributed by atoms with E-state index in [1.54, 1.807) is 0 Å². The van der Waals surface area contributed by atoms with E-state index in [1.807, 2.05) is 18.7 Å². The van der Waals surface area contributed by atoms with Gasteiger partial charge in [-0.25, -0.2) is 0 Å². The molecule has 4 heteroatoms. The minimum atomic E-state index is 0.145. The summed E-state index contributed by atoms with van der Waals surface area (Å²) in [6.45, 7) is 9.38. The van der Waals surface area contributed by atoms with Gasteiger partial charge in [0.25, 0.3) is 0 Å². The fraction of sp³-hybridized carbons (Fsp3) is 0.769. The highest BCUT2D eigenvalue weighted by Crippen LogP contribution is 2.29. The molecule has 1 aromatic rings. The molecule has 17 heavy (non-hydrogen) atoms. The van der Waals surface area contributed by atoms with Gasteiger partial charge in [0.2, 0.25) is 0 Å². The van der Waals surface area contributed by atoms with Crippen LogP contribution in [0.4, 0.5) is 0 Å². The van der Waals surface area contributed by atoms with Crippen molar-refractivity contribution < 1.29 is 0 Å². The summed E-state index contributed by atoms with van der Waals surface area (Å²) in [5, 5.41) is 4.40. The number of likely N-dealkylation sites (N-methyl/N-ethyl adjacent to an activating group) is 1. The third-order valence-corrected chi connectivity index (χ3v) is 3.92. The predicted octanol–water partition coefficient (Wildman–Crippen LogP) is 1.85. The molecule has 0 aliphatic rings.